The molecule has 6 nitrogen and oxygen atoms in total. The Labute approximate surface area is 95.9 Å². The van der Waals surface area contributed by atoms with Crippen molar-refractivity contribution in [3.8, 4) is 0 Å². The van der Waals surface area contributed by atoms with Gasteiger partial charge in [-0.15, -0.1) is 0 Å². The highest BCUT2D eigenvalue weighted by Crippen LogP contribution is 2.08. The van der Waals surface area contributed by atoms with Gasteiger partial charge in [0, 0.05) is 11.6 Å². The average Bonchev–Trinajstić information content (AvgIpc) is 2.82. The minimum atomic E-state index is -1.03. The number of carboxylic acids is 1. The van der Waals surface area contributed by atoms with Crippen LogP contribution in [0, 0.1) is 0 Å². The molecular weight excluding hydrogens is 224 g/mol. The van der Waals surface area contributed by atoms with Crippen molar-refractivity contribution in [1.29, 1.82) is 0 Å². The zero-order chi connectivity index (χ0) is 12.3. The van der Waals surface area contributed by atoms with Gasteiger partial charge in [-0.1, -0.05) is 5.16 Å². The number of benzene rings is 1. The molecular formula is C11H8N2O4. The van der Waals surface area contributed by atoms with Crippen LogP contribution in [0.2, 0.25) is 0 Å². The van der Waals surface area contributed by atoms with Crippen molar-refractivity contribution in [2.24, 2.45) is 0 Å². The lowest BCUT2D eigenvalue weighted by Crippen LogP contribution is -2.12. The first-order valence-electron chi connectivity index (χ1n) is 4.72. The van der Waals surface area contributed by atoms with Crippen LogP contribution in [0.15, 0.2) is 41.1 Å². The summed E-state index contributed by atoms with van der Waals surface area (Å²) in [5.41, 5.74) is 0.473. The van der Waals surface area contributed by atoms with Gasteiger partial charge in [-0.2, -0.15) is 0 Å². The molecule has 0 radical (unpaired) electrons. The van der Waals surface area contributed by atoms with Crippen LogP contribution in [-0.4, -0.2) is 22.1 Å². The number of aromatic carboxylic acids is 1. The topological polar surface area (TPSA) is 92.4 Å². The fraction of sp³-hybridized carbons (Fsp3) is 0. The predicted molar refractivity (Wildman–Crippen MR) is 57.9 cm³/mol. The van der Waals surface area contributed by atoms with E-state index in [4.69, 9.17) is 5.11 Å². The van der Waals surface area contributed by atoms with E-state index in [9.17, 15) is 9.59 Å². The maximum atomic E-state index is 11.7. The van der Waals surface area contributed by atoms with E-state index in [-0.39, 0.29) is 11.5 Å². The molecule has 0 saturated heterocycles. The number of aromatic nitrogens is 1. The monoisotopic (exact) mass is 232 g/mol. The van der Waals surface area contributed by atoms with Gasteiger partial charge in [0.15, 0.2) is 5.82 Å². The number of carbonyl (C=O) groups excluding carboxylic acids is 1. The molecule has 0 unspecified atom stereocenters. The number of hydrogen-bond donors (Lipinski definition) is 2. The van der Waals surface area contributed by atoms with Gasteiger partial charge in [-0.25, -0.2) is 4.79 Å². The minimum Gasteiger partial charge on any atom is -0.478 e. The van der Waals surface area contributed by atoms with Crippen LogP contribution >= 0.6 is 0 Å². The molecule has 0 spiro atoms. The van der Waals surface area contributed by atoms with Gasteiger partial charge in [-0.3, -0.25) is 4.79 Å². The Bertz CT molecular complexity index is 531. The van der Waals surface area contributed by atoms with E-state index in [0.29, 0.717) is 11.4 Å². The molecule has 2 N–H and O–H groups in total. The Morgan fingerprint density at radius 1 is 1.12 bits per heavy atom. The minimum absolute atomic E-state index is 0.128. The fourth-order valence-electron chi connectivity index (χ4n) is 1.23. The third-order valence-electron chi connectivity index (χ3n) is 2.07. The Kier molecular flexibility index (Phi) is 2.87. The van der Waals surface area contributed by atoms with E-state index in [1.165, 1.54) is 36.6 Å². The summed E-state index contributed by atoms with van der Waals surface area (Å²) < 4.78 is 4.56. The molecule has 0 bridgehead atoms. The van der Waals surface area contributed by atoms with Crippen LogP contribution in [0.4, 0.5) is 5.82 Å². The first kappa shape index (κ1) is 10.9. The number of amides is 1. The number of rotatable bonds is 3. The molecule has 2 rings (SSSR count). The second-order valence-corrected chi connectivity index (χ2v) is 3.22. The molecule has 1 aromatic heterocycles. The molecule has 1 aromatic carbocycles. The smallest absolute Gasteiger partial charge is 0.335 e. The highest BCUT2D eigenvalue weighted by Gasteiger charge is 2.09. The van der Waals surface area contributed by atoms with E-state index in [2.05, 4.69) is 15.0 Å². The quantitative estimate of drug-likeness (QED) is 0.838. The van der Waals surface area contributed by atoms with Crippen LogP contribution in [0.5, 0.6) is 0 Å². The number of carbonyl (C=O) groups is 2. The number of nitrogens with zero attached hydrogens (tertiary/aromatic N) is 1. The van der Waals surface area contributed by atoms with Crippen molar-refractivity contribution >= 4 is 17.7 Å². The summed E-state index contributed by atoms with van der Waals surface area (Å²) in [5, 5.41) is 14.7. The fourth-order valence-corrected chi connectivity index (χ4v) is 1.23. The summed E-state index contributed by atoms with van der Waals surface area (Å²) in [6.45, 7) is 0. The lowest BCUT2D eigenvalue weighted by Gasteiger charge is -2.01. The summed E-state index contributed by atoms with van der Waals surface area (Å²) in [6, 6.07) is 7.08. The first-order chi connectivity index (χ1) is 8.16. The Morgan fingerprint density at radius 2 is 1.76 bits per heavy atom. The average molecular weight is 232 g/mol. The van der Waals surface area contributed by atoms with Crippen LogP contribution in [0.25, 0.3) is 0 Å². The van der Waals surface area contributed by atoms with E-state index < -0.39 is 5.97 Å². The Hall–Kier alpha value is -2.63. The Balaban J connectivity index is 2.12. The molecule has 0 aliphatic heterocycles. The largest absolute Gasteiger partial charge is 0.478 e. The van der Waals surface area contributed by atoms with Crippen molar-refractivity contribution in [2.45, 2.75) is 0 Å². The van der Waals surface area contributed by atoms with Gasteiger partial charge >= 0.3 is 5.97 Å². The van der Waals surface area contributed by atoms with Crippen molar-refractivity contribution in [1.82, 2.24) is 5.16 Å². The zero-order valence-corrected chi connectivity index (χ0v) is 8.58. The lowest BCUT2D eigenvalue weighted by molar-refractivity contribution is 0.0696. The van der Waals surface area contributed by atoms with Crippen molar-refractivity contribution < 1.29 is 19.2 Å². The number of nitrogens with one attached hydrogen (secondary N) is 1. The maximum absolute atomic E-state index is 11.7. The summed E-state index contributed by atoms with van der Waals surface area (Å²) in [6.07, 6.45) is 1.34. The summed E-state index contributed by atoms with van der Waals surface area (Å²) >= 11 is 0. The van der Waals surface area contributed by atoms with Gasteiger partial charge < -0.3 is 14.9 Å². The standard InChI is InChI=1S/C11H8N2O4/c14-10(12-9-5-6-17-13-9)7-1-3-8(4-2-7)11(15)16/h1-6H,(H,15,16)(H,12,13,14). The van der Waals surface area contributed by atoms with Gasteiger partial charge in [0.25, 0.3) is 5.91 Å². The third kappa shape index (κ3) is 2.49. The molecule has 1 amide bonds. The molecule has 86 valence electrons. The second-order valence-electron chi connectivity index (χ2n) is 3.22. The zero-order valence-electron chi connectivity index (χ0n) is 8.58. The van der Waals surface area contributed by atoms with E-state index in [1.807, 2.05) is 0 Å². The van der Waals surface area contributed by atoms with Crippen LogP contribution in [0.1, 0.15) is 20.7 Å². The number of hydrogen-bond acceptors (Lipinski definition) is 4. The predicted octanol–water partition coefficient (Wildman–Crippen LogP) is 1.63. The van der Waals surface area contributed by atoms with Gasteiger partial charge in [-0.05, 0) is 24.3 Å². The Morgan fingerprint density at radius 3 is 2.29 bits per heavy atom. The molecule has 6 heteroatoms. The van der Waals surface area contributed by atoms with E-state index in [1.54, 1.807) is 0 Å². The summed E-state index contributed by atoms with van der Waals surface area (Å²) in [5.74, 6) is -1.11. The highest BCUT2D eigenvalue weighted by atomic mass is 16.5. The highest BCUT2D eigenvalue weighted by molar-refractivity contribution is 6.04. The number of anilines is 1. The SMILES string of the molecule is O=C(O)c1ccc(C(=O)Nc2ccon2)cc1. The van der Waals surface area contributed by atoms with Crippen LogP contribution in [0.3, 0.4) is 0 Å². The molecule has 1 heterocycles. The lowest BCUT2D eigenvalue weighted by atomic mass is 10.1. The maximum Gasteiger partial charge on any atom is 0.335 e. The molecule has 2 aromatic rings. The van der Waals surface area contributed by atoms with Crippen molar-refractivity contribution in [2.75, 3.05) is 5.32 Å². The van der Waals surface area contributed by atoms with E-state index >= 15 is 0 Å². The van der Waals surface area contributed by atoms with Crippen LogP contribution in [-0.2, 0) is 0 Å². The first-order valence-corrected chi connectivity index (χ1v) is 4.72. The molecule has 0 saturated carbocycles. The van der Waals surface area contributed by atoms with Crippen molar-refractivity contribution in [3.63, 3.8) is 0 Å². The number of carboxylic acid groups (broad SMARTS) is 1. The molecule has 0 fully saturated rings. The second kappa shape index (κ2) is 4.48. The van der Waals surface area contributed by atoms with Crippen molar-refractivity contribution in [3.05, 3.63) is 47.7 Å². The normalized spacial score (nSPS) is 9.88. The van der Waals surface area contributed by atoms with Crippen LogP contribution < -0.4 is 5.32 Å². The van der Waals surface area contributed by atoms with Gasteiger partial charge in [0.2, 0.25) is 0 Å². The van der Waals surface area contributed by atoms with E-state index in [0.717, 1.165) is 0 Å². The van der Waals surface area contributed by atoms with Gasteiger partial charge in [0.1, 0.15) is 6.26 Å². The summed E-state index contributed by atoms with van der Waals surface area (Å²) in [4.78, 5) is 22.3. The molecule has 17 heavy (non-hydrogen) atoms. The molecule has 0 aliphatic rings. The molecule has 0 aliphatic carbocycles. The molecule has 0 atom stereocenters. The third-order valence-corrected chi connectivity index (χ3v) is 2.07. The van der Waals surface area contributed by atoms with Gasteiger partial charge in [0.05, 0.1) is 5.56 Å². The summed E-state index contributed by atoms with van der Waals surface area (Å²) in [7, 11) is 0.